The number of rotatable bonds is 9. The number of anilines is 1. The van der Waals surface area contributed by atoms with Crippen LogP contribution in [0.4, 0.5) is 5.69 Å². The molecule has 0 aliphatic carbocycles. The minimum Gasteiger partial charge on any atom is -0.494 e. The van der Waals surface area contributed by atoms with Gasteiger partial charge in [-0.3, -0.25) is 0 Å². The van der Waals surface area contributed by atoms with Gasteiger partial charge in [0.05, 0.1) is 6.61 Å². The number of unbranched alkanes of at least 4 members (excludes halogenated alkanes) is 1. The fraction of sp³-hybridized carbons (Fsp3) is 0.538. The van der Waals surface area contributed by atoms with Crippen LogP contribution in [0.3, 0.4) is 0 Å². The molecule has 1 N–H and O–H groups in total. The van der Waals surface area contributed by atoms with E-state index in [4.69, 9.17) is 9.47 Å². The number of benzene rings is 2. The molecule has 0 spiro atoms. The van der Waals surface area contributed by atoms with Crippen LogP contribution < -0.4 is 14.8 Å². The summed E-state index contributed by atoms with van der Waals surface area (Å²) in [7, 11) is 0. The van der Waals surface area contributed by atoms with Gasteiger partial charge >= 0.3 is 0 Å². The second kappa shape index (κ2) is 10.0. The molecule has 0 aromatic heterocycles. The van der Waals surface area contributed by atoms with Crippen LogP contribution in [0.25, 0.3) is 0 Å². The number of hydrogen-bond donors (Lipinski definition) is 1. The minimum atomic E-state index is 0.0359. The first-order valence-corrected chi connectivity index (χ1v) is 10.9. The van der Waals surface area contributed by atoms with E-state index in [1.54, 1.807) is 0 Å². The highest BCUT2D eigenvalue weighted by molar-refractivity contribution is 5.48. The topological polar surface area (TPSA) is 30.5 Å². The standard InChI is InChI=1S/C26H39NO2/c1-8-9-16-28-22-12-10-11-21(19-22)27-15-17-29-24-14-13-20(25(2,3)4)18-23(24)26(5,6)7/h10-14,18-19,27H,8-9,15-17H2,1-7H3. The Labute approximate surface area is 177 Å². The fourth-order valence-electron chi connectivity index (χ4n) is 3.10. The van der Waals surface area contributed by atoms with E-state index in [2.05, 4.69) is 78.0 Å². The van der Waals surface area contributed by atoms with Gasteiger partial charge in [-0.1, -0.05) is 73.1 Å². The van der Waals surface area contributed by atoms with Gasteiger partial charge in [-0.2, -0.15) is 0 Å². The Morgan fingerprint density at radius 1 is 0.828 bits per heavy atom. The molecule has 0 saturated heterocycles. The Bertz CT molecular complexity index is 769. The van der Waals surface area contributed by atoms with Crippen molar-refractivity contribution in [3.63, 3.8) is 0 Å². The molecule has 2 rings (SSSR count). The maximum Gasteiger partial charge on any atom is 0.123 e. The molecule has 0 fully saturated rings. The summed E-state index contributed by atoms with van der Waals surface area (Å²) in [5.74, 6) is 1.89. The summed E-state index contributed by atoms with van der Waals surface area (Å²) >= 11 is 0. The van der Waals surface area contributed by atoms with Gasteiger partial charge in [0.25, 0.3) is 0 Å². The Morgan fingerprint density at radius 3 is 2.24 bits per heavy atom. The van der Waals surface area contributed by atoms with Crippen LogP contribution in [0.2, 0.25) is 0 Å². The first-order chi connectivity index (χ1) is 13.6. The van der Waals surface area contributed by atoms with Crippen molar-refractivity contribution in [1.82, 2.24) is 0 Å². The Kier molecular flexibility index (Phi) is 8.01. The number of hydrogen-bond acceptors (Lipinski definition) is 3. The molecule has 0 aliphatic rings. The zero-order valence-electron chi connectivity index (χ0n) is 19.4. The molecule has 29 heavy (non-hydrogen) atoms. The van der Waals surface area contributed by atoms with Crippen molar-refractivity contribution >= 4 is 5.69 Å². The van der Waals surface area contributed by atoms with E-state index in [1.165, 1.54) is 11.1 Å². The van der Waals surface area contributed by atoms with Gasteiger partial charge in [-0.25, -0.2) is 0 Å². The number of nitrogens with one attached hydrogen (secondary N) is 1. The summed E-state index contributed by atoms with van der Waals surface area (Å²) in [5, 5.41) is 3.43. The molecule has 0 saturated carbocycles. The lowest BCUT2D eigenvalue weighted by Gasteiger charge is -2.27. The van der Waals surface area contributed by atoms with E-state index in [1.807, 2.05) is 18.2 Å². The average Bonchev–Trinajstić information content (AvgIpc) is 2.64. The van der Waals surface area contributed by atoms with Gasteiger partial charge in [0, 0.05) is 18.3 Å². The molecule has 3 heteroatoms. The lowest BCUT2D eigenvalue weighted by molar-refractivity contribution is 0.309. The van der Waals surface area contributed by atoms with Crippen molar-refractivity contribution in [2.24, 2.45) is 0 Å². The summed E-state index contributed by atoms with van der Waals surface area (Å²) in [4.78, 5) is 0. The van der Waals surface area contributed by atoms with E-state index in [9.17, 15) is 0 Å². The quantitative estimate of drug-likeness (QED) is 0.464. The molecule has 3 nitrogen and oxygen atoms in total. The second-order valence-electron chi connectivity index (χ2n) is 9.72. The second-order valence-corrected chi connectivity index (χ2v) is 9.72. The van der Waals surface area contributed by atoms with E-state index in [0.717, 1.165) is 43.2 Å². The zero-order valence-corrected chi connectivity index (χ0v) is 19.4. The summed E-state index contributed by atoms with van der Waals surface area (Å²) in [6, 6.07) is 14.8. The lowest BCUT2D eigenvalue weighted by Crippen LogP contribution is -2.19. The van der Waals surface area contributed by atoms with Gasteiger partial charge < -0.3 is 14.8 Å². The van der Waals surface area contributed by atoms with Crippen LogP contribution in [0, 0.1) is 0 Å². The molecule has 0 unspecified atom stereocenters. The van der Waals surface area contributed by atoms with Crippen molar-refractivity contribution < 1.29 is 9.47 Å². The Hall–Kier alpha value is -2.16. The molecular formula is C26H39NO2. The van der Waals surface area contributed by atoms with Gasteiger partial charge in [0.15, 0.2) is 0 Å². The van der Waals surface area contributed by atoms with Crippen LogP contribution in [-0.4, -0.2) is 19.8 Å². The molecule has 2 aromatic rings. The third kappa shape index (κ3) is 7.30. The van der Waals surface area contributed by atoms with Crippen molar-refractivity contribution in [2.45, 2.75) is 72.1 Å². The molecule has 0 bridgehead atoms. The highest BCUT2D eigenvalue weighted by atomic mass is 16.5. The molecule has 0 radical (unpaired) electrons. The maximum atomic E-state index is 6.17. The Balaban J connectivity index is 1.96. The normalized spacial score (nSPS) is 12.0. The molecule has 2 aromatic carbocycles. The van der Waals surface area contributed by atoms with Gasteiger partial charge in [-0.15, -0.1) is 0 Å². The van der Waals surface area contributed by atoms with Gasteiger partial charge in [0.2, 0.25) is 0 Å². The SMILES string of the molecule is CCCCOc1cccc(NCCOc2ccc(C(C)(C)C)cc2C(C)(C)C)c1. The third-order valence-corrected chi connectivity index (χ3v) is 4.94. The van der Waals surface area contributed by atoms with Crippen LogP contribution in [-0.2, 0) is 10.8 Å². The highest BCUT2D eigenvalue weighted by Gasteiger charge is 2.23. The first kappa shape index (κ1) is 23.1. The van der Waals surface area contributed by atoms with E-state index < -0.39 is 0 Å². The summed E-state index contributed by atoms with van der Waals surface area (Å²) in [6.45, 7) is 17.8. The summed E-state index contributed by atoms with van der Waals surface area (Å²) in [6.07, 6.45) is 2.22. The van der Waals surface area contributed by atoms with E-state index >= 15 is 0 Å². The highest BCUT2D eigenvalue weighted by Crippen LogP contribution is 2.35. The average molecular weight is 398 g/mol. The monoisotopic (exact) mass is 397 g/mol. The zero-order chi connectivity index (χ0) is 21.5. The van der Waals surface area contributed by atoms with E-state index in [0.29, 0.717) is 6.61 Å². The Morgan fingerprint density at radius 2 is 1.59 bits per heavy atom. The van der Waals surface area contributed by atoms with Crippen LogP contribution in [0.15, 0.2) is 42.5 Å². The largest absolute Gasteiger partial charge is 0.494 e. The molecule has 160 valence electrons. The molecular weight excluding hydrogens is 358 g/mol. The lowest BCUT2D eigenvalue weighted by atomic mass is 9.80. The van der Waals surface area contributed by atoms with Crippen molar-refractivity contribution in [1.29, 1.82) is 0 Å². The molecule has 0 heterocycles. The predicted octanol–water partition coefficient (Wildman–Crippen LogP) is 6.95. The molecule has 0 amide bonds. The minimum absolute atomic E-state index is 0.0359. The predicted molar refractivity (Wildman–Crippen MR) is 125 cm³/mol. The third-order valence-electron chi connectivity index (χ3n) is 4.94. The molecule has 0 atom stereocenters. The molecule has 0 aliphatic heterocycles. The van der Waals surface area contributed by atoms with E-state index in [-0.39, 0.29) is 10.8 Å². The fourth-order valence-corrected chi connectivity index (χ4v) is 3.10. The smallest absolute Gasteiger partial charge is 0.123 e. The van der Waals surface area contributed by atoms with Crippen molar-refractivity contribution in [3.8, 4) is 11.5 Å². The summed E-state index contributed by atoms with van der Waals surface area (Å²) in [5.41, 5.74) is 3.82. The van der Waals surface area contributed by atoms with Crippen molar-refractivity contribution in [3.05, 3.63) is 53.6 Å². The number of ether oxygens (including phenoxy) is 2. The van der Waals surface area contributed by atoms with Crippen molar-refractivity contribution in [2.75, 3.05) is 25.1 Å². The van der Waals surface area contributed by atoms with Gasteiger partial charge in [-0.05, 0) is 46.6 Å². The summed E-state index contributed by atoms with van der Waals surface area (Å²) < 4.78 is 12.0. The van der Waals surface area contributed by atoms with Crippen LogP contribution >= 0.6 is 0 Å². The van der Waals surface area contributed by atoms with Crippen LogP contribution in [0.1, 0.15) is 72.4 Å². The van der Waals surface area contributed by atoms with Crippen LogP contribution in [0.5, 0.6) is 11.5 Å². The first-order valence-electron chi connectivity index (χ1n) is 10.9. The van der Waals surface area contributed by atoms with Gasteiger partial charge in [0.1, 0.15) is 18.1 Å². The maximum absolute atomic E-state index is 6.17.